The topological polar surface area (TPSA) is 100 Å². The number of benzene rings is 1. The van der Waals surface area contributed by atoms with E-state index >= 15 is 0 Å². The molecular weight excluding hydrogens is 643 g/mol. The molecule has 50 heavy (non-hydrogen) atoms. The zero-order chi connectivity index (χ0) is 35.3. The summed E-state index contributed by atoms with van der Waals surface area (Å²) < 4.78 is 23.9. The van der Waals surface area contributed by atoms with Crippen LogP contribution >= 0.6 is 0 Å². The molecule has 0 spiro atoms. The van der Waals surface area contributed by atoms with Crippen LogP contribution in [0.1, 0.15) is 84.2 Å². The van der Waals surface area contributed by atoms with Gasteiger partial charge < -0.3 is 34.0 Å². The first-order chi connectivity index (χ1) is 23.8. The van der Waals surface area contributed by atoms with Crippen molar-refractivity contribution in [3.8, 4) is 0 Å². The highest BCUT2D eigenvalue weighted by molar-refractivity contribution is 6.76. The molecule has 3 aliphatic rings. The maximum Gasteiger partial charge on any atom is 0.163 e. The van der Waals surface area contributed by atoms with Crippen molar-refractivity contribution < 1.29 is 14.2 Å². The predicted octanol–water partition coefficient (Wildman–Crippen LogP) is 7.66. The second-order valence-electron chi connectivity index (χ2n) is 17.6. The SMILES string of the molecule is CC1(C)OC2C(CNCCCCc3nc4cc(C(C)(C)C)ccc4n3COCC[Si](C)(C)C)CC(n3ccc4c(NC5CC5)ncnc43)[C@@H]2O1. The number of hydrogen-bond donors (Lipinski definition) is 2. The summed E-state index contributed by atoms with van der Waals surface area (Å²) in [4.78, 5) is 14.4. The molecule has 4 heterocycles. The highest BCUT2D eigenvalue weighted by atomic mass is 28.3. The molecule has 1 aliphatic heterocycles. The molecule has 272 valence electrons. The van der Waals surface area contributed by atoms with Gasteiger partial charge in [0.2, 0.25) is 0 Å². The van der Waals surface area contributed by atoms with Crippen molar-refractivity contribution in [3.05, 3.63) is 48.2 Å². The summed E-state index contributed by atoms with van der Waals surface area (Å²) in [6.07, 6.45) is 10.4. The lowest BCUT2D eigenvalue weighted by atomic mass is 9.87. The molecule has 11 heteroatoms. The van der Waals surface area contributed by atoms with Gasteiger partial charge in [0.15, 0.2) is 5.79 Å². The quantitative estimate of drug-likeness (QED) is 0.0963. The van der Waals surface area contributed by atoms with Crippen LogP contribution in [0.15, 0.2) is 36.8 Å². The minimum absolute atomic E-state index is 0.0121. The van der Waals surface area contributed by atoms with Gasteiger partial charge in [-0.05, 0) is 87.7 Å². The normalized spacial score (nSPS) is 23.7. The Morgan fingerprint density at radius 1 is 1.04 bits per heavy atom. The summed E-state index contributed by atoms with van der Waals surface area (Å²) in [5.41, 5.74) is 4.61. The second kappa shape index (κ2) is 14.0. The van der Waals surface area contributed by atoms with Crippen molar-refractivity contribution in [1.29, 1.82) is 0 Å². The van der Waals surface area contributed by atoms with Gasteiger partial charge in [-0.1, -0.05) is 46.5 Å². The van der Waals surface area contributed by atoms with Crippen molar-refractivity contribution in [2.24, 2.45) is 5.92 Å². The molecular formula is C39H59N7O3Si. The van der Waals surface area contributed by atoms with Crippen LogP contribution in [0.2, 0.25) is 25.7 Å². The predicted molar refractivity (Wildman–Crippen MR) is 203 cm³/mol. The fraction of sp³-hybridized carbons (Fsp3) is 0.667. The molecule has 4 atom stereocenters. The van der Waals surface area contributed by atoms with E-state index < -0.39 is 13.9 Å². The fourth-order valence-electron chi connectivity index (χ4n) is 7.64. The van der Waals surface area contributed by atoms with Gasteiger partial charge in [0.25, 0.3) is 0 Å². The molecule has 4 aromatic rings. The maximum atomic E-state index is 6.55. The highest BCUT2D eigenvalue weighted by Gasteiger charge is 2.54. The molecule has 3 fully saturated rings. The third-order valence-corrected chi connectivity index (χ3v) is 12.4. The Hall–Kier alpha value is -2.83. The number of fused-ring (bicyclic) bond motifs is 3. The fourth-order valence-corrected chi connectivity index (χ4v) is 8.40. The monoisotopic (exact) mass is 701 g/mol. The first-order valence-corrected chi connectivity index (χ1v) is 22.7. The number of aromatic nitrogens is 5. The number of imidazole rings is 1. The molecule has 0 radical (unpaired) electrons. The van der Waals surface area contributed by atoms with Crippen molar-refractivity contribution in [1.82, 2.24) is 29.4 Å². The number of hydrogen-bond acceptors (Lipinski definition) is 8. The number of ether oxygens (including phenoxy) is 3. The maximum absolute atomic E-state index is 6.55. The minimum atomic E-state index is -1.15. The van der Waals surface area contributed by atoms with Crippen molar-refractivity contribution in [3.63, 3.8) is 0 Å². The standard InChI is InChI=1S/C39H59N7O3Si/c1-38(2,3)27-12-15-31-30(22-27)44-33(46(31)25-47-19-20-50(6,7)8)11-9-10-17-40-23-26-21-32(35-34(26)48-39(4,5)49-35)45-18-16-29-36(43-28-13-14-28)41-24-42-37(29)45/h12,15-16,18,22,24,26,28,32,34-35,40H,9-11,13-14,17,19-21,23,25H2,1-8H3,(H,41,42,43)/t26?,32?,34?,35-/m0/s1. The second-order valence-corrected chi connectivity index (χ2v) is 23.3. The molecule has 1 saturated heterocycles. The Labute approximate surface area is 299 Å². The lowest BCUT2D eigenvalue weighted by Crippen LogP contribution is -2.33. The smallest absolute Gasteiger partial charge is 0.163 e. The zero-order valence-electron chi connectivity index (χ0n) is 31.6. The molecule has 10 nitrogen and oxygen atoms in total. The van der Waals surface area contributed by atoms with E-state index in [4.69, 9.17) is 24.2 Å². The van der Waals surface area contributed by atoms with Gasteiger partial charge in [-0.2, -0.15) is 0 Å². The summed E-state index contributed by atoms with van der Waals surface area (Å²) in [5.74, 6) is 1.82. The summed E-state index contributed by atoms with van der Waals surface area (Å²) in [7, 11) is -1.15. The zero-order valence-corrected chi connectivity index (χ0v) is 32.6. The Morgan fingerprint density at radius 2 is 1.84 bits per heavy atom. The van der Waals surface area contributed by atoms with Gasteiger partial charge in [-0.25, -0.2) is 15.0 Å². The lowest BCUT2D eigenvalue weighted by molar-refractivity contribution is -0.160. The van der Waals surface area contributed by atoms with Crippen LogP contribution in [0.25, 0.3) is 22.1 Å². The van der Waals surface area contributed by atoms with Gasteiger partial charge >= 0.3 is 0 Å². The number of nitrogens with one attached hydrogen (secondary N) is 2. The van der Waals surface area contributed by atoms with Gasteiger partial charge in [0, 0.05) is 45.8 Å². The molecule has 0 amide bonds. The van der Waals surface area contributed by atoms with E-state index in [1.165, 1.54) is 30.0 Å². The molecule has 2 saturated carbocycles. The molecule has 2 aliphatic carbocycles. The number of aryl methyl sites for hydroxylation is 1. The molecule has 3 aromatic heterocycles. The van der Waals surface area contributed by atoms with Crippen LogP contribution < -0.4 is 10.6 Å². The van der Waals surface area contributed by atoms with E-state index in [0.717, 1.165) is 73.6 Å². The van der Waals surface area contributed by atoms with Crippen LogP contribution in [0.3, 0.4) is 0 Å². The number of nitrogens with zero attached hydrogens (tertiary/aromatic N) is 5. The largest absolute Gasteiger partial charge is 0.367 e. The Balaban J connectivity index is 0.965. The first-order valence-electron chi connectivity index (χ1n) is 19.0. The van der Waals surface area contributed by atoms with E-state index in [9.17, 15) is 0 Å². The van der Waals surface area contributed by atoms with Crippen LogP contribution in [0.5, 0.6) is 0 Å². The van der Waals surface area contributed by atoms with Crippen LogP contribution in [-0.4, -0.2) is 75.9 Å². The third kappa shape index (κ3) is 7.97. The average molecular weight is 702 g/mol. The van der Waals surface area contributed by atoms with Gasteiger partial charge in [-0.3, -0.25) is 0 Å². The Kier molecular flexibility index (Phi) is 9.92. The van der Waals surface area contributed by atoms with E-state index in [1.807, 2.05) is 13.8 Å². The van der Waals surface area contributed by atoms with Crippen LogP contribution in [0, 0.1) is 5.92 Å². The van der Waals surface area contributed by atoms with E-state index in [0.29, 0.717) is 18.7 Å². The molecule has 2 N–H and O–H groups in total. The summed E-state index contributed by atoms with van der Waals surface area (Å²) in [6.45, 7) is 21.3. The van der Waals surface area contributed by atoms with E-state index in [-0.39, 0.29) is 23.7 Å². The van der Waals surface area contributed by atoms with Crippen molar-refractivity contribution >= 4 is 36.0 Å². The van der Waals surface area contributed by atoms with Crippen LogP contribution in [0.4, 0.5) is 5.82 Å². The summed E-state index contributed by atoms with van der Waals surface area (Å²) in [5, 5.41) is 8.45. The average Bonchev–Trinajstić information content (AvgIpc) is 3.34. The number of anilines is 1. The molecule has 1 aromatic carbocycles. The molecule has 0 bridgehead atoms. The van der Waals surface area contributed by atoms with Crippen molar-refractivity contribution in [2.75, 3.05) is 25.0 Å². The lowest BCUT2D eigenvalue weighted by Gasteiger charge is -2.24. The Morgan fingerprint density at radius 3 is 2.60 bits per heavy atom. The first kappa shape index (κ1) is 35.6. The van der Waals surface area contributed by atoms with Gasteiger partial charge in [0.1, 0.15) is 36.5 Å². The van der Waals surface area contributed by atoms with Crippen molar-refractivity contribution in [2.45, 2.75) is 141 Å². The van der Waals surface area contributed by atoms with E-state index in [2.05, 4.69) is 95.6 Å². The van der Waals surface area contributed by atoms with Gasteiger partial charge in [0.05, 0.1) is 28.6 Å². The minimum Gasteiger partial charge on any atom is -0.367 e. The summed E-state index contributed by atoms with van der Waals surface area (Å²) in [6, 6.07) is 10.8. The number of unbranched alkanes of at least 4 members (excludes halogenated alkanes) is 1. The van der Waals surface area contributed by atoms with E-state index in [1.54, 1.807) is 6.33 Å². The van der Waals surface area contributed by atoms with Crippen LogP contribution in [-0.2, 0) is 32.8 Å². The highest BCUT2D eigenvalue weighted by Crippen LogP contribution is 2.47. The molecule has 3 unspecified atom stereocenters. The molecule has 7 rings (SSSR count). The Bertz CT molecular complexity index is 1780. The van der Waals surface area contributed by atoms with Gasteiger partial charge in [-0.15, -0.1) is 0 Å². The number of rotatable bonds is 15. The summed E-state index contributed by atoms with van der Waals surface area (Å²) >= 11 is 0. The third-order valence-electron chi connectivity index (χ3n) is 10.7.